The van der Waals surface area contributed by atoms with Crippen LogP contribution in [0, 0.1) is 5.92 Å². The number of methoxy groups -OCH3 is 1. The Bertz CT molecular complexity index is 184. The van der Waals surface area contributed by atoms with Crippen LogP contribution in [-0.2, 0) is 14.3 Å². The standard InChI is InChI=1S/C13H27NO3/c1-12(2)6-4-5-7-13(15)14-8-9-17-11-10-16-3/h12H,4-11H2,1-3H3,(H,14,15). The summed E-state index contributed by atoms with van der Waals surface area (Å²) >= 11 is 0. The van der Waals surface area contributed by atoms with Crippen LogP contribution < -0.4 is 5.32 Å². The molecule has 4 heteroatoms. The molecule has 1 N–H and O–H groups in total. The Kier molecular flexibility index (Phi) is 11.4. The fourth-order valence-corrected chi connectivity index (χ4v) is 1.43. The first-order valence-electron chi connectivity index (χ1n) is 6.50. The molecule has 4 nitrogen and oxygen atoms in total. The zero-order valence-electron chi connectivity index (χ0n) is 11.5. The van der Waals surface area contributed by atoms with Crippen molar-refractivity contribution in [3.8, 4) is 0 Å². The molecule has 0 aliphatic heterocycles. The van der Waals surface area contributed by atoms with Crippen molar-refractivity contribution in [2.45, 2.75) is 39.5 Å². The van der Waals surface area contributed by atoms with Crippen molar-refractivity contribution in [3.05, 3.63) is 0 Å². The third-order valence-electron chi connectivity index (χ3n) is 2.44. The molecule has 0 aliphatic rings. The lowest BCUT2D eigenvalue weighted by Gasteiger charge is -2.07. The second kappa shape index (κ2) is 11.9. The molecule has 0 bridgehead atoms. The van der Waals surface area contributed by atoms with Gasteiger partial charge in [-0.3, -0.25) is 4.79 Å². The predicted octanol–water partition coefficient (Wildman–Crippen LogP) is 1.98. The monoisotopic (exact) mass is 245 g/mol. The molecule has 0 atom stereocenters. The molecule has 0 radical (unpaired) electrons. The lowest BCUT2D eigenvalue weighted by atomic mass is 10.1. The zero-order valence-corrected chi connectivity index (χ0v) is 11.5. The van der Waals surface area contributed by atoms with E-state index in [0.717, 1.165) is 18.8 Å². The molecule has 0 rings (SSSR count). The van der Waals surface area contributed by atoms with Gasteiger partial charge in [-0.05, 0) is 12.3 Å². The van der Waals surface area contributed by atoms with Crippen molar-refractivity contribution in [1.29, 1.82) is 0 Å². The highest BCUT2D eigenvalue weighted by Gasteiger charge is 2.01. The number of rotatable bonds is 11. The Morgan fingerprint density at radius 1 is 1.18 bits per heavy atom. The van der Waals surface area contributed by atoms with Crippen LogP contribution in [0.3, 0.4) is 0 Å². The highest BCUT2D eigenvalue weighted by molar-refractivity contribution is 5.75. The number of carbonyl (C=O) groups is 1. The minimum absolute atomic E-state index is 0.129. The second-order valence-electron chi connectivity index (χ2n) is 4.59. The summed E-state index contributed by atoms with van der Waals surface area (Å²) in [5.74, 6) is 0.858. The Labute approximate surface area is 105 Å². The van der Waals surface area contributed by atoms with Crippen LogP contribution >= 0.6 is 0 Å². The quantitative estimate of drug-likeness (QED) is 0.566. The van der Waals surface area contributed by atoms with Crippen molar-refractivity contribution in [1.82, 2.24) is 5.32 Å². The van der Waals surface area contributed by atoms with Crippen LogP contribution in [0.5, 0.6) is 0 Å². The van der Waals surface area contributed by atoms with Crippen LogP contribution in [0.2, 0.25) is 0 Å². The van der Waals surface area contributed by atoms with Gasteiger partial charge >= 0.3 is 0 Å². The maximum absolute atomic E-state index is 11.4. The molecule has 0 fully saturated rings. The minimum Gasteiger partial charge on any atom is -0.382 e. The summed E-state index contributed by atoms with van der Waals surface area (Å²) in [5.41, 5.74) is 0. The maximum atomic E-state index is 11.4. The van der Waals surface area contributed by atoms with Gasteiger partial charge in [0.1, 0.15) is 0 Å². The third kappa shape index (κ3) is 13.3. The Morgan fingerprint density at radius 2 is 1.94 bits per heavy atom. The molecule has 0 aromatic rings. The molecule has 17 heavy (non-hydrogen) atoms. The van der Waals surface area contributed by atoms with E-state index in [2.05, 4.69) is 19.2 Å². The topological polar surface area (TPSA) is 47.6 Å². The van der Waals surface area contributed by atoms with Crippen LogP contribution in [0.4, 0.5) is 0 Å². The first-order chi connectivity index (χ1) is 8.16. The van der Waals surface area contributed by atoms with Gasteiger partial charge in [0.2, 0.25) is 5.91 Å². The van der Waals surface area contributed by atoms with Gasteiger partial charge in [0.25, 0.3) is 0 Å². The fourth-order valence-electron chi connectivity index (χ4n) is 1.43. The SMILES string of the molecule is COCCOCCNC(=O)CCCCC(C)C. The molecule has 0 aromatic heterocycles. The van der Waals surface area contributed by atoms with E-state index in [1.807, 2.05) is 0 Å². The molecular weight excluding hydrogens is 218 g/mol. The molecule has 0 aliphatic carbocycles. The van der Waals surface area contributed by atoms with Crippen molar-refractivity contribution in [2.24, 2.45) is 5.92 Å². The number of nitrogens with one attached hydrogen (secondary N) is 1. The van der Waals surface area contributed by atoms with Gasteiger partial charge in [-0.25, -0.2) is 0 Å². The van der Waals surface area contributed by atoms with Crippen LogP contribution in [0.1, 0.15) is 39.5 Å². The fraction of sp³-hybridized carbons (Fsp3) is 0.923. The van der Waals surface area contributed by atoms with Gasteiger partial charge in [0, 0.05) is 20.1 Å². The van der Waals surface area contributed by atoms with E-state index in [0.29, 0.717) is 32.8 Å². The van der Waals surface area contributed by atoms with E-state index in [-0.39, 0.29) is 5.91 Å². The molecule has 0 aromatic carbocycles. The Hall–Kier alpha value is -0.610. The van der Waals surface area contributed by atoms with Gasteiger partial charge in [0.05, 0.1) is 19.8 Å². The summed E-state index contributed by atoms with van der Waals surface area (Å²) in [5, 5.41) is 2.84. The highest BCUT2D eigenvalue weighted by Crippen LogP contribution is 2.07. The van der Waals surface area contributed by atoms with Crippen molar-refractivity contribution in [2.75, 3.05) is 33.5 Å². The van der Waals surface area contributed by atoms with Crippen molar-refractivity contribution in [3.63, 3.8) is 0 Å². The number of carbonyl (C=O) groups excluding carboxylic acids is 1. The molecule has 0 unspecified atom stereocenters. The average molecular weight is 245 g/mol. The summed E-state index contributed by atoms with van der Waals surface area (Å²) in [6, 6.07) is 0. The second-order valence-corrected chi connectivity index (χ2v) is 4.59. The summed E-state index contributed by atoms with van der Waals surface area (Å²) in [6.45, 7) is 6.74. The molecular formula is C13H27NO3. The normalized spacial score (nSPS) is 10.8. The number of unbranched alkanes of at least 4 members (excludes halogenated alkanes) is 1. The van der Waals surface area contributed by atoms with E-state index in [9.17, 15) is 4.79 Å². The summed E-state index contributed by atoms with van der Waals surface area (Å²) in [7, 11) is 1.64. The average Bonchev–Trinajstić information content (AvgIpc) is 2.29. The summed E-state index contributed by atoms with van der Waals surface area (Å²) < 4.78 is 10.1. The third-order valence-corrected chi connectivity index (χ3v) is 2.44. The number of ether oxygens (including phenoxy) is 2. The lowest BCUT2D eigenvalue weighted by Crippen LogP contribution is -2.27. The zero-order chi connectivity index (χ0) is 12.9. The number of hydrogen-bond donors (Lipinski definition) is 1. The lowest BCUT2D eigenvalue weighted by molar-refractivity contribution is -0.121. The first-order valence-corrected chi connectivity index (χ1v) is 6.50. The van der Waals surface area contributed by atoms with Gasteiger partial charge in [-0.2, -0.15) is 0 Å². The predicted molar refractivity (Wildman–Crippen MR) is 69.0 cm³/mol. The number of amides is 1. The highest BCUT2D eigenvalue weighted by atomic mass is 16.5. The Morgan fingerprint density at radius 3 is 2.59 bits per heavy atom. The van der Waals surface area contributed by atoms with E-state index in [1.54, 1.807) is 7.11 Å². The summed E-state index contributed by atoms with van der Waals surface area (Å²) in [6.07, 6.45) is 3.95. The number of hydrogen-bond acceptors (Lipinski definition) is 3. The molecule has 0 spiro atoms. The van der Waals surface area contributed by atoms with Gasteiger partial charge < -0.3 is 14.8 Å². The van der Waals surface area contributed by atoms with Crippen LogP contribution in [-0.4, -0.2) is 39.4 Å². The van der Waals surface area contributed by atoms with Gasteiger partial charge in [-0.15, -0.1) is 0 Å². The summed E-state index contributed by atoms with van der Waals surface area (Å²) in [4.78, 5) is 11.4. The van der Waals surface area contributed by atoms with Crippen molar-refractivity contribution >= 4 is 5.91 Å². The Balaban J connectivity index is 3.18. The largest absolute Gasteiger partial charge is 0.382 e. The van der Waals surface area contributed by atoms with E-state index in [4.69, 9.17) is 9.47 Å². The van der Waals surface area contributed by atoms with Crippen LogP contribution in [0.15, 0.2) is 0 Å². The molecule has 1 amide bonds. The smallest absolute Gasteiger partial charge is 0.220 e. The van der Waals surface area contributed by atoms with E-state index < -0.39 is 0 Å². The van der Waals surface area contributed by atoms with Gasteiger partial charge in [-0.1, -0.05) is 26.7 Å². The first kappa shape index (κ1) is 16.4. The van der Waals surface area contributed by atoms with E-state index >= 15 is 0 Å². The molecule has 0 heterocycles. The molecule has 0 saturated heterocycles. The molecule has 102 valence electrons. The minimum atomic E-state index is 0.129. The van der Waals surface area contributed by atoms with Gasteiger partial charge in [0.15, 0.2) is 0 Å². The van der Waals surface area contributed by atoms with Crippen molar-refractivity contribution < 1.29 is 14.3 Å². The van der Waals surface area contributed by atoms with E-state index in [1.165, 1.54) is 6.42 Å². The maximum Gasteiger partial charge on any atom is 0.220 e. The molecule has 0 saturated carbocycles. The van der Waals surface area contributed by atoms with Crippen LogP contribution in [0.25, 0.3) is 0 Å².